The molecule has 0 unspecified atom stereocenters. The highest BCUT2D eigenvalue weighted by molar-refractivity contribution is 6.34. The van der Waals surface area contributed by atoms with Crippen LogP contribution in [-0.2, 0) is 5.41 Å². The molecule has 0 saturated heterocycles. The number of aromatic carboxylic acids is 1. The van der Waals surface area contributed by atoms with Gasteiger partial charge in [-0.3, -0.25) is 0 Å². The molecule has 0 heterocycles. The maximum atomic E-state index is 10.9. The lowest BCUT2D eigenvalue weighted by molar-refractivity contribution is 0.0697. The molecule has 0 bridgehead atoms. The molecule has 16 heavy (non-hydrogen) atoms. The second-order valence-electron chi connectivity index (χ2n) is 4.02. The lowest BCUT2D eigenvalue weighted by Crippen LogP contribution is -2.33. The van der Waals surface area contributed by atoms with Gasteiger partial charge in [-0.2, -0.15) is 5.26 Å². The Morgan fingerprint density at radius 1 is 1.50 bits per heavy atom. The van der Waals surface area contributed by atoms with Crippen molar-refractivity contribution in [3.63, 3.8) is 0 Å². The maximum Gasteiger partial charge on any atom is 0.337 e. The van der Waals surface area contributed by atoms with Gasteiger partial charge >= 0.3 is 5.97 Å². The summed E-state index contributed by atoms with van der Waals surface area (Å²) in [4.78, 5) is 10.9. The smallest absolute Gasteiger partial charge is 0.337 e. The quantitative estimate of drug-likeness (QED) is 0.857. The summed E-state index contributed by atoms with van der Waals surface area (Å²) in [6.45, 7) is 0. The molecule has 3 nitrogen and oxygen atoms in total. The van der Waals surface area contributed by atoms with Crippen molar-refractivity contribution in [2.24, 2.45) is 0 Å². The van der Waals surface area contributed by atoms with Gasteiger partial charge in [-0.15, -0.1) is 0 Å². The summed E-state index contributed by atoms with van der Waals surface area (Å²) in [6, 6.07) is 7.11. The van der Waals surface area contributed by atoms with Crippen LogP contribution < -0.4 is 0 Å². The summed E-state index contributed by atoms with van der Waals surface area (Å²) in [5.41, 5.74) is 0.159. The standard InChI is InChI=1S/C12H10ClNO2/c13-10-8(11(15)16)3-1-4-9(10)12(7-14)5-2-6-12/h1,3-4H,2,5-6H2,(H,15,16). The van der Waals surface area contributed by atoms with Gasteiger partial charge in [-0.05, 0) is 30.9 Å². The zero-order valence-electron chi connectivity index (χ0n) is 8.53. The van der Waals surface area contributed by atoms with E-state index in [1.54, 1.807) is 12.1 Å². The molecule has 0 aromatic heterocycles. The third-order valence-corrected chi connectivity index (χ3v) is 3.57. The topological polar surface area (TPSA) is 61.1 Å². The number of halogens is 1. The molecule has 0 amide bonds. The van der Waals surface area contributed by atoms with Crippen molar-refractivity contribution >= 4 is 17.6 Å². The van der Waals surface area contributed by atoms with E-state index in [2.05, 4.69) is 6.07 Å². The van der Waals surface area contributed by atoms with E-state index in [1.165, 1.54) is 6.07 Å². The molecule has 0 radical (unpaired) electrons. The monoisotopic (exact) mass is 235 g/mol. The number of carbonyl (C=O) groups is 1. The van der Waals surface area contributed by atoms with Crippen LogP contribution in [0.3, 0.4) is 0 Å². The number of benzene rings is 1. The highest BCUT2D eigenvalue weighted by Gasteiger charge is 2.41. The van der Waals surface area contributed by atoms with E-state index < -0.39 is 11.4 Å². The van der Waals surface area contributed by atoms with Crippen LogP contribution in [0.15, 0.2) is 18.2 Å². The summed E-state index contributed by atoms with van der Waals surface area (Å²) < 4.78 is 0. The molecule has 1 aliphatic rings. The van der Waals surface area contributed by atoms with Gasteiger partial charge in [-0.25, -0.2) is 4.79 Å². The number of carboxylic acid groups (broad SMARTS) is 1. The molecular formula is C12H10ClNO2. The lowest BCUT2D eigenvalue weighted by Gasteiger charge is -2.36. The third kappa shape index (κ3) is 1.46. The maximum absolute atomic E-state index is 10.9. The Kier molecular flexibility index (Phi) is 2.61. The highest BCUT2D eigenvalue weighted by Crippen LogP contribution is 2.46. The van der Waals surface area contributed by atoms with Gasteiger partial charge < -0.3 is 5.11 Å². The highest BCUT2D eigenvalue weighted by atomic mass is 35.5. The van der Waals surface area contributed by atoms with Crippen molar-refractivity contribution in [3.05, 3.63) is 34.3 Å². The fourth-order valence-electron chi connectivity index (χ4n) is 2.04. The van der Waals surface area contributed by atoms with Crippen LogP contribution in [0.4, 0.5) is 0 Å². The minimum Gasteiger partial charge on any atom is -0.478 e. The normalized spacial score (nSPS) is 17.2. The molecule has 1 aromatic rings. The molecular weight excluding hydrogens is 226 g/mol. The first-order valence-electron chi connectivity index (χ1n) is 5.04. The molecule has 1 aromatic carbocycles. The number of hydrogen-bond acceptors (Lipinski definition) is 2. The first kappa shape index (κ1) is 11.0. The second kappa shape index (κ2) is 3.80. The van der Waals surface area contributed by atoms with Crippen LogP contribution in [0, 0.1) is 11.3 Å². The van der Waals surface area contributed by atoms with E-state index in [0.29, 0.717) is 5.56 Å². The molecule has 4 heteroatoms. The Morgan fingerprint density at radius 2 is 2.19 bits per heavy atom. The Hall–Kier alpha value is -1.53. The van der Waals surface area contributed by atoms with Gasteiger partial charge in [0.2, 0.25) is 0 Å². The number of hydrogen-bond donors (Lipinski definition) is 1. The summed E-state index contributed by atoms with van der Waals surface area (Å²) in [7, 11) is 0. The molecule has 0 atom stereocenters. The minimum atomic E-state index is -1.06. The molecule has 1 saturated carbocycles. The predicted octanol–water partition coefficient (Wildman–Crippen LogP) is 2.98. The summed E-state index contributed by atoms with van der Waals surface area (Å²) in [6.07, 6.45) is 2.50. The van der Waals surface area contributed by atoms with Crippen LogP contribution in [-0.4, -0.2) is 11.1 Å². The Balaban J connectivity index is 2.55. The van der Waals surface area contributed by atoms with Crippen LogP contribution in [0.1, 0.15) is 35.2 Å². The fraction of sp³-hybridized carbons (Fsp3) is 0.333. The average molecular weight is 236 g/mol. The van der Waals surface area contributed by atoms with E-state index in [4.69, 9.17) is 16.7 Å². The zero-order valence-corrected chi connectivity index (χ0v) is 9.29. The third-order valence-electron chi connectivity index (χ3n) is 3.17. The van der Waals surface area contributed by atoms with Gasteiger partial charge in [0.15, 0.2) is 0 Å². The van der Waals surface area contributed by atoms with E-state index in [1.807, 2.05) is 0 Å². The molecule has 1 N–H and O–H groups in total. The van der Waals surface area contributed by atoms with Crippen molar-refractivity contribution in [1.82, 2.24) is 0 Å². The first-order valence-corrected chi connectivity index (χ1v) is 5.42. The van der Waals surface area contributed by atoms with Crippen molar-refractivity contribution < 1.29 is 9.90 Å². The molecule has 2 rings (SSSR count). The summed E-state index contributed by atoms with van der Waals surface area (Å²) in [5.74, 6) is -1.06. The van der Waals surface area contributed by atoms with Crippen LogP contribution in [0.25, 0.3) is 0 Å². The van der Waals surface area contributed by atoms with Crippen molar-refractivity contribution in [1.29, 1.82) is 5.26 Å². The number of rotatable bonds is 2. The van der Waals surface area contributed by atoms with E-state index in [-0.39, 0.29) is 10.6 Å². The number of carboxylic acids is 1. The van der Waals surface area contributed by atoms with Gasteiger partial charge in [-0.1, -0.05) is 23.7 Å². The van der Waals surface area contributed by atoms with Gasteiger partial charge in [0.1, 0.15) is 0 Å². The van der Waals surface area contributed by atoms with Crippen molar-refractivity contribution in [2.75, 3.05) is 0 Å². The predicted molar refractivity (Wildman–Crippen MR) is 59.6 cm³/mol. The van der Waals surface area contributed by atoms with Crippen LogP contribution >= 0.6 is 11.6 Å². The van der Waals surface area contributed by atoms with E-state index >= 15 is 0 Å². The molecule has 1 fully saturated rings. The summed E-state index contributed by atoms with van der Waals surface area (Å²) >= 11 is 6.05. The Bertz CT molecular complexity index is 486. The number of nitriles is 1. The van der Waals surface area contributed by atoms with Gasteiger partial charge in [0.25, 0.3) is 0 Å². The van der Waals surface area contributed by atoms with E-state index in [0.717, 1.165) is 19.3 Å². The Labute approximate surface area is 98.3 Å². The minimum absolute atomic E-state index is 0.0701. The summed E-state index contributed by atoms with van der Waals surface area (Å²) in [5, 5.41) is 18.3. The average Bonchev–Trinajstić information content (AvgIpc) is 2.19. The molecule has 0 aliphatic heterocycles. The van der Waals surface area contributed by atoms with E-state index in [9.17, 15) is 10.1 Å². The largest absolute Gasteiger partial charge is 0.478 e. The number of nitrogens with zero attached hydrogens (tertiary/aromatic N) is 1. The lowest BCUT2D eigenvalue weighted by atomic mass is 9.65. The van der Waals surface area contributed by atoms with Gasteiger partial charge in [0.05, 0.1) is 22.1 Å². The van der Waals surface area contributed by atoms with Crippen LogP contribution in [0.2, 0.25) is 5.02 Å². The van der Waals surface area contributed by atoms with Gasteiger partial charge in [0, 0.05) is 0 Å². The van der Waals surface area contributed by atoms with Crippen molar-refractivity contribution in [2.45, 2.75) is 24.7 Å². The fourth-order valence-corrected chi connectivity index (χ4v) is 2.43. The SMILES string of the molecule is N#CC1(c2cccc(C(=O)O)c2Cl)CCC1. The molecule has 82 valence electrons. The zero-order chi connectivity index (χ0) is 11.8. The Morgan fingerprint density at radius 3 is 2.62 bits per heavy atom. The van der Waals surface area contributed by atoms with Crippen LogP contribution in [0.5, 0.6) is 0 Å². The second-order valence-corrected chi connectivity index (χ2v) is 4.40. The van der Waals surface area contributed by atoms with Crippen molar-refractivity contribution in [3.8, 4) is 6.07 Å². The first-order chi connectivity index (χ1) is 7.60. The molecule has 0 spiro atoms. The molecule has 1 aliphatic carbocycles.